The molecule has 2 rings (SSSR count). The van der Waals surface area contributed by atoms with Crippen LogP contribution in [0.5, 0.6) is 5.75 Å². The van der Waals surface area contributed by atoms with Gasteiger partial charge in [0.25, 0.3) is 0 Å². The van der Waals surface area contributed by atoms with E-state index in [1.54, 1.807) is 25.2 Å². The van der Waals surface area contributed by atoms with Gasteiger partial charge in [0.05, 0.1) is 10.6 Å². The van der Waals surface area contributed by atoms with Crippen LogP contribution in [-0.4, -0.2) is 13.4 Å². The highest BCUT2D eigenvalue weighted by Gasteiger charge is 2.14. The van der Waals surface area contributed by atoms with Crippen LogP contribution in [0, 0.1) is 27.7 Å². The van der Waals surface area contributed by atoms with E-state index >= 15 is 0 Å². The smallest absolute Gasteiger partial charge is 0.238 e. The molecule has 1 heterocycles. The summed E-state index contributed by atoms with van der Waals surface area (Å²) >= 11 is 1.60. The number of aryl methyl sites for hydroxylation is 4. The number of nitrogens with zero attached hydrogens (tertiary/aromatic N) is 1. The van der Waals surface area contributed by atoms with E-state index in [0.717, 1.165) is 21.8 Å². The molecule has 1 aromatic heterocycles. The number of nitrogens with two attached hydrogens (primary N) is 1. The Hall–Kier alpha value is -1.44. The highest BCUT2D eigenvalue weighted by Crippen LogP contribution is 2.28. The minimum atomic E-state index is -3.70. The molecule has 0 amide bonds. The summed E-state index contributed by atoms with van der Waals surface area (Å²) in [5.74, 6) is 0.674. The number of aromatic nitrogens is 1. The lowest BCUT2D eigenvalue weighted by Crippen LogP contribution is -2.13. The second-order valence-corrected chi connectivity index (χ2v) is 7.82. The van der Waals surface area contributed by atoms with Gasteiger partial charge in [0.2, 0.25) is 10.0 Å². The molecule has 0 saturated heterocycles. The highest BCUT2D eigenvalue weighted by molar-refractivity contribution is 7.89. The molecule has 2 N–H and O–H groups in total. The van der Waals surface area contributed by atoms with Crippen molar-refractivity contribution in [1.29, 1.82) is 0 Å². The lowest BCUT2D eigenvalue weighted by Gasteiger charge is -2.12. The summed E-state index contributed by atoms with van der Waals surface area (Å²) in [4.78, 5) is 5.69. The Kier molecular flexibility index (Phi) is 4.36. The molecule has 21 heavy (non-hydrogen) atoms. The normalized spacial score (nSPS) is 11.7. The number of sulfonamides is 1. The van der Waals surface area contributed by atoms with Gasteiger partial charge in [-0.05, 0) is 51.0 Å². The topological polar surface area (TPSA) is 82.3 Å². The van der Waals surface area contributed by atoms with Gasteiger partial charge in [0.1, 0.15) is 17.4 Å². The maximum absolute atomic E-state index is 11.4. The Morgan fingerprint density at radius 1 is 1.19 bits per heavy atom. The Morgan fingerprint density at radius 2 is 1.76 bits per heavy atom. The largest absolute Gasteiger partial charge is 0.486 e. The zero-order chi connectivity index (χ0) is 15.8. The molecule has 0 aliphatic rings. The van der Waals surface area contributed by atoms with Gasteiger partial charge in [-0.3, -0.25) is 0 Å². The van der Waals surface area contributed by atoms with E-state index in [4.69, 9.17) is 9.88 Å². The van der Waals surface area contributed by atoms with E-state index in [-0.39, 0.29) is 4.90 Å². The van der Waals surface area contributed by atoms with Crippen molar-refractivity contribution in [3.8, 4) is 5.75 Å². The first-order chi connectivity index (χ1) is 9.68. The van der Waals surface area contributed by atoms with E-state index in [9.17, 15) is 8.42 Å². The van der Waals surface area contributed by atoms with Crippen LogP contribution >= 0.6 is 11.3 Å². The van der Waals surface area contributed by atoms with Gasteiger partial charge < -0.3 is 4.74 Å². The molecule has 1 aromatic carbocycles. The molecule has 2 aromatic rings. The molecule has 0 radical (unpaired) electrons. The lowest BCUT2D eigenvalue weighted by molar-refractivity contribution is 0.301. The molecule has 0 atom stereocenters. The third-order valence-corrected chi connectivity index (χ3v) is 5.11. The van der Waals surface area contributed by atoms with Gasteiger partial charge in [-0.25, -0.2) is 18.5 Å². The number of rotatable bonds is 4. The molecule has 0 spiro atoms. The van der Waals surface area contributed by atoms with Crippen molar-refractivity contribution in [1.82, 2.24) is 4.98 Å². The minimum Gasteiger partial charge on any atom is -0.486 e. The quantitative estimate of drug-likeness (QED) is 0.936. The summed E-state index contributed by atoms with van der Waals surface area (Å²) in [5.41, 5.74) is 2.49. The Balaban J connectivity index is 2.25. The van der Waals surface area contributed by atoms with Crippen LogP contribution in [0.1, 0.15) is 26.7 Å². The second kappa shape index (κ2) is 5.75. The SMILES string of the molecule is Cc1cc(S(N)(=O)=O)cc(C)c1OCc1nc(C)c(C)s1. The minimum absolute atomic E-state index is 0.103. The molecule has 0 saturated carbocycles. The number of primary sulfonamides is 1. The van der Waals surface area contributed by atoms with Crippen LogP contribution in [0.25, 0.3) is 0 Å². The van der Waals surface area contributed by atoms with Crippen molar-refractivity contribution >= 4 is 21.4 Å². The second-order valence-electron chi connectivity index (χ2n) is 4.97. The maximum Gasteiger partial charge on any atom is 0.238 e. The predicted octanol–water partition coefficient (Wildman–Crippen LogP) is 2.60. The molecule has 0 aliphatic carbocycles. The third-order valence-electron chi connectivity index (χ3n) is 3.18. The Labute approximate surface area is 128 Å². The Bertz CT molecular complexity index is 737. The summed E-state index contributed by atoms with van der Waals surface area (Å²) in [7, 11) is -3.70. The molecule has 5 nitrogen and oxygen atoms in total. The molecule has 7 heteroatoms. The molecule has 0 aliphatic heterocycles. The van der Waals surface area contributed by atoms with E-state index in [1.807, 2.05) is 13.8 Å². The average Bonchev–Trinajstić information content (AvgIpc) is 2.66. The van der Waals surface area contributed by atoms with Gasteiger partial charge in [0, 0.05) is 4.88 Å². The number of hydrogen-bond acceptors (Lipinski definition) is 5. The molecular weight excluding hydrogens is 308 g/mol. The van der Waals surface area contributed by atoms with E-state index in [0.29, 0.717) is 12.4 Å². The molecule has 0 fully saturated rings. The summed E-state index contributed by atoms with van der Waals surface area (Å²) in [6.07, 6.45) is 0. The number of benzene rings is 1. The first kappa shape index (κ1) is 15.9. The maximum atomic E-state index is 11.4. The van der Waals surface area contributed by atoms with Gasteiger partial charge in [-0.15, -0.1) is 11.3 Å². The van der Waals surface area contributed by atoms with Gasteiger partial charge in [-0.1, -0.05) is 0 Å². The van der Waals surface area contributed by atoms with Crippen LogP contribution in [0.4, 0.5) is 0 Å². The van der Waals surface area contributed by atoms with Crippen molar-refractivity contribution in [3.63, 3.8) is 0 Å². The summed E-state index contributed by atoms with van der Waals surface area (Å²) in [6, 6.07) is 3.05. The van der Waals surface area contributed by atoms with E-state index in [1.165, 1.54) is 17.0 Å². The van der Waals surface area contributed by atoms with Crippen molar-refractivity contribution in [3.05, 3.63) is 38.8 Å². The summed E-state index contributed by atoms with van der Waals surface area (Å²) in [5, 5.41) is 6.05. The predicted molar refractivity (Wildman–Crippen MR) is 83.2 cm³/mol. The van der Waals surface area contributed by atoms with Crippen LogP contribution in [-0.2, 0) is 16.6 Å². The fourth-order valence-electron chi connectivity index (χ4n) is 2.04. The number of hydrogen-bond donors (Lipinski definition) is 1. The standard InChI is InChI=1S/C14H18N2O3S2/c1-8-5-12(21(15,17)18)6-9(2)14(8)19-7-13-16-10(3)11(4)20-13/h5-6H,7H2,1-4H3,(H2,15,17,18). The van der Waals surface area contributed by atoms with Gasteiger partial charge >= 0.3 is 0 Å². The summed E-state index contributed by atoms with van der Waals surface area (Å²) < 4.78 is 28.6. The van der Waals surface area contributed by atoms with Crippen molar-refractivity contribution < 1.29 is 13.2 Å². The third kappa shape index (κ3) is 3.61. The van der Waals surface area contributed by atoms with E-state index in [2.05, 4.69) is 4.98 Å². The monoisotopic (exact) mass is 326 g/mol. The van der Waals surface area contributed by atoms with Crippen LogP contribution < -0.4 is 9.88 Å². The number of ether oxygens (including phenoxy) is 1. The van der Waals surface area contributed by atoms with Crippen molar-refractivity contribution in [2.75, 3.05) is 0 Å². The highest BCUT2D eigenvalue weighted by atomic mass is 32.2. The lowest BCUT2D eigenvalue weighted by atomic mass is 10.1. The average molecular weight is 326 g/mol. The molecular formula is C14H18N2O3S2. The zero-order valence-corrected chi connectivity index (χ0v) is 14.1. The van der Waals surface area contributed by atoms with Crippen molar-refractivity contribution in [2.24, 2.45) is 5.14 Å². The zero-order valence-electron chi connectivity index (χ0n) is 12.4. The van der Waals surface area contributed by atoms with Gasteiger partial charge in [-0.2, -0.15) is 0 Å². The number of thiazole rings is 1. The van der Waals surface area contributed by atoms with Crippen LogP contribution in [0.15, 0.2) is 17.0 Å². The van der Waals surface area contributed by atoms with Crippen LogP contribution in [0.2, 0.25) is 0 Å². The first-order valence-corrected chi connectivity index (χ1v) is 8.74. The molecule has 0 unspecified atom stereocenters. The van der Waals surface area contributed by atoms with Gasteiger partial charge in [0.15, 0.2) is 0 Å². The molecule has 114 valence electrons. The van der Waals surface area contributed by atoms with Crippen molar-refractivity contribution in [2.45, 2.75) is 39.2 Å². The van der Waals surface area contributed by atoms with E-state index < -0.39 is 10.0 Å². The fraction of sp³-hybridized carbons (Fsp3) is 0.357. The first-order valence-electron chi connectivity index (χ1n) is 6.38. The fourth-order valence-corrected chi connectivity index (χ4v) is 3.57. The summed E-state index contributed by atoms with van der Waals surface area (Å²) in [6.45, 7) is 7.96. The molecule has 0 bridgehead atoms. The Morgan fingerprint density at radius 3 is 2.19 bits per heavy atom. The van der Waals surface area contributed by atoms with Crippen LogP contribution in [0.3, 0.4) is 0 Å².